The van der Waals surface area contributed by atoms with Gasteiger partial charge in [-0.15, -0.1) is 11.3 Å². The number of rotatable bonds is 5. The largest absolute Gasteiger partial charge is 0.479 e. The fourth-order valence-corrected chi connectivity index (χ4v) is 4.47. The minimum absolute atomic E-state index is 0.0892. The quantitative estimate of drug-likeness (QED) is 0.873. The zero-order valence-electron chi connectivity index (χ0n) is 10.0. The molecule has 0 aliphatic carbocycles. The lowest BCUT2D eigenvalue weighted by Crippen LogP contribution is -2.11. The Balaban J connectivity index is 2.19. The smallest absolute Gasteiger partial charge is 0.271 e. The summed E-state index contributed by atoms with van der Waals surface area (Å²) in [5, 5.41) is 8.44. The maximum absolute atomic E-state index is 12.1. The van der Waals surface area contributed by atoms with Crippen LogP contribution in [0, 0.1) is 11.3 Å². The van der Waals surface area contributed by atoms with Crippen LogP contribution >= 0.6 is 27.3 Å². The van der Waals surface area contributed by atoms with Gasteiger partial charge >= 0.3 is 0 Å². The van der Waals surface area contributed by atoms with Crippen LogP contribution in [0.1, 0.15) is 0 Å². The van der Waals surface area contributed by atoms with Crippen molar-refractivity contribution in [3.8, 4) is 11.8 Å². The van der Waals surface area contributed by atoms with Crippen molar-refractivity contribution in [3.63, 3.8) is 0 Å². The molecule has 0 spiro atoms. The number of ether oxygens (including phenoxy) is 1. The second-order valence-corrected chi connectivity index (χ2v) is 8.01. The van der Waals surface area contributed by atoms with Crippen LogP contribution in [0.3, 0.4) is 0 Å². The van der Waals surface area contributed by atoms with Gasteiger partial charge in [-0.25, -0.2) is 8.42 Å². The molecule has 2 rings (SSSR count). The van der Waals surface area contributed by atoms with Crippen LogP contribution in [0.15, 0.2) is 44.4 Å². The summed E-state index contributed by atoms with van der Waals surface area (Å²) in [5.74, 6) is 0.430. The lowest BCUT2D eigenvalue weighted by atomic mass is 10.3. The van der Waals surface area contributed by atoms with Crippen LogP contribution < -0.4 is 9.46 Å². The molecular weight excluding hydrogens is 364 g/mol. The fourth-order valence-electron chi connectivity index (χ4n) is 1.41. The van der Waals surface area contributed by atoms with Crippen molar-refractivity contribution in [3.05, 3.63) is 40.2 Å². The number of benzene rings is 1. The molecule has 1 aromatic heterocycles. The number of nitrogens with one attached hydrogen (secondary N) is 1. The maximum Gasteiger partial charge on any atom is 0.271 e. The topological polar surface area (TPSA) is 79.2 Å². The zero-order valence-corrected chi connectivity index (χ0v) is 13.3. The molecule has 1 heterocycles. The van der Waals surface area contributed by atoms with E-state index in [1.54, 1.807) is 24.3 Å². The van der Waals surface area contributed by atoms with Gasteiger partial charge in [0.25, 0.3) is 10.0 Å². The first-order valence-corrected chi connectivity index (χ1v) is 8.48. The average Bonchev–Trinajstić information content (AvgIpc) is 2.84. The lowest BCUT2D eigenvalue weighted by Gasteiger charge is -2.08. The lowest BCUT2D eigenvalue weighted by molar-refractivity contribution is 0.368. The van der Waals surface area contributed by atoms with Gasteiger partial charge < -0.3 is 4.74 Å². The van der Waals surface area contributed by atoms with Crippen molar-refractivity contribution >= 4 is 43.0 Å². The Labute approximate surface area is 129 Å². The molecule has 0 aliphatic heterocycles. The summed E-state index contributed by atoms with van der Waals surface area (Å²) in [6, 6.07) is 11.5. The average molecular weight is 373 g/mol. The number of halogens is 1. The third-order valence-corrected chi connectivity index (χ3v) is 5.70. The third-order valence-electron chi connectivity index (χ3n) is 2.20. The Morgan fingerprint density at radius 1 is 1.35 bits per heavy atom. The van der Waals surface area contributed by atoms with Gasteiger partial charge in [0.2, 0.25) is 0 Å². The van der Waals surface area contributed by atoms with Gasteiger partial charge in [0.1, 0.15) is 16.0 Å². The molecule has 0 amide bonds. The molecule has 1 N–H and O–H groups in total. The molecule has 0 saturated heterocycles. The molecule has 0 saturated carbocycles. The van der Waals surface area contributed by atoms with E-state index in [2.05, 4.69) is 20.7 Å². The van der Waals surface area contributed by atoms with E-state index in [-0.39, 0.29) is 10.8 Å². The molecule has 0 unspecified atom stereocenters. The molecule has 20 heavy (non-hydrogen) atoms. The first kappa shape index (κ1) is 14.8. The van der Waals surface area contributed by atoms with Gasteiger partial charge in [-0.2, -0.15) is 5.26 Å². The van der Waals surface area contributed by atoms with Gasteiger partial charge in [0, 0.05) is 6.07 Å². The van der Waals surface area contributed by atoms with E-state index < -0.39 is 10.0 Å². The molecule has 8 heteroatoms. The molecular formula is C12H9BrN2O3S2. The highest BCUT2D eigenvalue weighted by molar-refractivity contribution is 9.11. The second-order valence-electron chi connectivity index (χ2n) is 3.64. The van der Waals surface area contributed by atoms with Crippen molar-refractivity contribution < 1.29 is 13.2 Å². The standard InChI is InChI=1S/C12H9BrN2O3S2/c13-11-4-5-12(19-11)20(16,17)15-9-2-1-3-10(8-9)18-7-6-14/h1-5,8,15H,7H2. The van der Waals surface area contributed by atoms with Gasteiger partial charge in [-0.1, -0.05) is 6.07 Å². The minimum atomic E-state index is -3.61. The monoisotopic (exact) mass is 372 g/mol. The highest BCUT2D eigenvalue weighted by atomic mass is 79.9. The molecule has 0 fully saturated rings. The van der Waals surface area contributed by atoms with E-state index >= 15 is 0 Å². The Bertz CT molecular complexity index is 750. The number of hydrogen-bond acceptors (Lipinski definition) is 5. The van der Waals surface area contributed by atoms with E-state index in [9.17, 15) is 8.42 Å². The molecule has 0 atom stereocenters. The van der Waals surface area contributed by atoms with Gasteiger partial charge in [0.15, 0.2) is 6.61 Å². The minimum Gasteiger partial charge on any atom is -0.479 e. The first-order chi connectivity index (χ1) is 9.51. The molecule has 2 aromatic rings. The normalized spacial score (nSPS) is 10.8. The van der Waals surface area contributed by atoms with Crippen LogP contribution in [0.25, 0.3) is 0 Å². The van der Waals surface area contributed by atoms with E-state index in [0.29, 0.717) is 11.4 Å². The Morgan fingerprint density at radius 3 is 2.80 bits per heavy atom. The van der Waals surface area contributed by atoms with Crippen LogP contribution in [-0.2, 0) is 10.0 Å². The Morgan fingerprint density at radius 2 is 2.15 bits per heavy atom. The molecule has 0 radical (unpaired) electrons. The summed E-state index contributed by atoms with van der Waals surface area (Å²) in [6.07, 6.45) is 0. The van der Waals surface area contributed by atoms with Gasteiger partial charge in [-0.05, 0) is 40.2 Å². The van der Waals surface area contributed by atoms with Gasteiger partial charge in [-0.3, -0.25) is 4.72 Å². The Hall–Kier alpha value is -1.56. The van der Waals surface area contributed by atoms with Crippen LogP contribution in [0.2, 0.25) is 0 Å². The van der Waals surface area contributed by atoms with E-state index in [1.807, 2.05) is 6.07 Å². The predicted octanol–water partition coefficient (Wildman–Crippen LogP) is 3.21. The SMILES string of the molecule is N#CCOc1cccc(NS(=O)(=O)c2ccc(Br)s2)c1. The Kier molecular flexibility index (Phi) is 4.65. The van der Waals surface area contributed by atoms with Crippen LogP contribution in [0.5, 0.6) is 5.75 Å². The van der Waals surface area contributed by atoms with E-state index in [4.69, 9.17) is 10.00 Å². The summed E-state index contributed by atoms with van der Waals surface area (Å²) >= 11 is 4.35. The summed E-state index contributed by atoms with van der Waals surface area (Å²) in [5.41, 5.74) is 0.380. The van der Waals surface area contributed by atoms with Crippen LogP contribution in [0.4, 0.5) is 5.69 Å². The molecule has 5 nitrogen and oxygen atoms in total. The molecule has 0 aliphatic rings. The number of thiophene rings is 1. The molecule has 104 valence electrons. The van der Waals surface area contributed by atoms with Gasteiger partial charge in [0.05, 0.1) is 9.47 Å². The number of hydrogen-bond donors (Lipinski definition) is 1. The fraction of sp³-hybridized carbons (Fsp3) is 0.0833. The van der Waals surface area contributed by atoms with E-state index in [0.717, 1.165) is 15.1 Å². The van der Waals surface area contributed by atoms with Crippen molar-refractivity contribution in [2.24, 2.45) is 0 Å². The van der Waals surface area contributed by atoms with Crippen molar-refractivity contribution in [2.45, 2.75) is 4.21 Å². The maximum atomic E-state index is 12.1. The highest BCUT2D eigenvalue weighted by Crippen LogP contribution is 2.28. The number of anilines is 1. The van der Waals surface area contributed by atoms with Crippen molar-refractivity contribution in [1.82, 2.24) is 0 Å². The molecule has 1 aromatic carbocycles. The summed E-state index contributed by atoms with van der Waals surface area (Å²) in [4.78, 5) is 0. The third kappa shape index (κ3) is 3.72. The number of nitrogens with zero attached hydrogens (tertiary/aromatic N) is 1. The number of nitriles is 1. The molecule has 0 bridgehead atoms. The summed E-state index contributed by atoms with van der Waals surface area (Å²) < 4.78 is 32.8. The number of sulfonamides is 1. The highest BCUT2D eigenvalue weighted by Gasteiger charge is 2.16. The van der Waals surface area contributed by atoms with Crippen molar-refractivity contribution in [1.29, 1.82) is 5.26 Å². The van der Waals surface area contributed by atoms with Crippen molar-refractivity contribution in [2.75, 3.05) is 11.3 Å². The second kappa shape index (κ2) is 6.26. The summed E-state index contributed by atoms with van der Waals surface area (Å²) in [6.45, 7) is -0.0892. The first-order valence-electron chi connectivity index (χ1n) is 5.39. The predicted molar refractivity (Wildman–Crippen MR) is 80.4 cm³/mol. The summed E-state index contributed by atoms with van der Waals surface area (Å²) in [7, 11) is -3.61. The van der Waals surface area contributed by atoms with E-state index in [1.165, 1.54) is 12.1 Å². The zero-order chi connectivity index (χ0) is 14.6. The van der Waals surface area contributed by atoms with Crippen LogP contribution in [-0.4, -0.2) is 15.0 Å².